The number of ether oxygens (including phenoxy) is 4. The molecular formula is C25H32N2O6. The lowest BCUT2D eigenvalue weighted by Crippen LogP contribution is -2.36. The minimum absolute atomic E-state index is 0.00260. The van der Waals surface area contributed by atoms with E-state index in [1.807, 2.05) is 19.1 Å². The van der Waals surface area contributed by atoms with E-state index in [1.54, 1.807) is 69.6 Å². The molecule has 2 unspecified atom stereocenters. The smallest absolute Gasteiger partial charge is 0.254 e. The van der Waals surface area contributed by atoms with Crippen molar-refractivity contribution in [1.29, 1.82) is 0 Å². The van der Waals surface area contributed by atoms with Crippen molar-refractivity contribution in [3.8, 4) is 23.0 Å². The lowest BCUT2D eigenvalue weighted by molar-refractivity contribution is -0.133. The first-order valence-corrected chi connectivity index (χ1v) is 10.9. The van der Waals surface area contributed by atoms with Gasteiger partial charge in [-0.15, -0.1) is 0 Å². The Morgan fingerprint density at radius 2 is 1.64 bits per heavy atom. The standard InChI is InChI=1S/C25H32N2O6/c1-7-26(2)25(29)20-15-27(24(28)16-9-8-10-18(11-16)30-3)14-19(20)17-12-21(31-4)23(33-6)22(13-17)32-5/h8-13,19-20H,7,14-15H2,1-6H3. The van der Waals surface area contributed by atoms with Crippen LogP contribution in [0.3, 0.4) is 0 Å². The van der Waals surface area contributed by atoms with Crippen molar-refractivity contribution < 1.29 is 28.5 Å². The number of methoxy groups -OCH3 is 4. The highest BCUT2D eigenvalue weighted by Crippen LogP contribution is 2.43. The van der Waals surface area contributed by atoms with Crippen LogP contribution in [-0.2, 0) is 4.79 Å². The highest BCUT2D eigenvalue weighted by atomic mass is 16.5. The maximum absolute atomic E-state index is 13.3. The number of hydrogen-bond acceptors (Lipinski definition) is 6. The molecule has 0 aromatic heterocycles. The van der Waals surface area contributed by atoms with Crippen molar-refractivity contribution in [2.24, 2.45) is 5.92 Å². The highest BCUT2D eigenvalue weighted by Gasteiger charge is 2.42. The Bertz CT molecular complexity index is 983. The summed E-state index contributed by atoms with van der Waals surface area (Å²) in [7, 11) is 8.01. The predicted molar refractivity (Wildman–Crippen MR) is 125 cm³/mol. The molecule has 1 aliphatic heterocycles. The molecule has 2 amide bonds. The Morgan fingerprint density at radius 3 is 2.18 bits per heavy atom. The van der Waals surface area contributed by atoms with Gasteiger partial charge < -0.3 is 28.7 Å². The molecule has 0 saturated carbocycles. The summed E-state index contributed by atoms with van der Waals surface area (Å²) in [5, 5.41) is 0. The highest BCUT2D eigenvalue weighted by molar-refractivity contribution is 5.95. The van der Waals surface area contributed by atoms with Crippen molar-refractivity contribution in [2.75, 3.05) is 55.1 Å². The van der Waals surface area contributed by atoms with Crippen LogP contribution in [-0.4, -0.2) is 76.7 Å². The minimum Gasteiger partial charge on any atom is -0.497 e. The number of carbonyl (C=O) groups is 2. The molecule has 33 heavy (non-hydrogen) atoms. The Hall–Kier alpha value is -3.42. The number of carbonyl (C=O) groups excluding carboxylic acids is 2. The Labute approximate surface area is 195 Å². The van der Waals surface area contributed by atoms with Gasteiger partial charge in [0.15, 0.2) is 11.5 Å². The summed E-state index contributed by atoms with van der Waals surface area (Å²) in [6.45, 7) is 3.23. The van der Waals surface area contributed by atoms with E-state index in [2.05, 4.69) is 0 Å². The second-order valence-electron chi connectivity index (χ2n) is 7.97. The fraction of sp³-hybridized carbons (Fsp3) is 0.440. The topological polar surface area (TPSA) is 77.5 Å². The zero-order valence-electron chi connectivity index (χ0n) is 20.1. The number of nitrogens with zero attached hydrogens (tertiary/aromatic N) is 2. The van der Waals surface area contributed by atoms with Gasteiger partial charge in [-0.3, -0.25) is 9.59 Å². The molecule has 1 aliphatic rings. The van der Waals surface area contributed by atoms with Crippen LogP contribution in [0.2, 0.25) is 0 Å². The van der Waals surface area contributed by atoms with Crippen molar-refractivity contribution in [3.05, 3.63) is 47.5 Å². The number of rotatable bonds is 8. The zero-order chi connectivity index (χ0) is 24.1. The average Bonchev–Trinajstić information content (AvgIpc) is 3.31. The van der Waals surface area contributed by atoms with Gasteiger partial charge in [0, 0.05) is 38.2 Å². The van der Waals surface area contributed by atoms with Gasteiger partial charge in [-0.25, -0.2) is 0 Å². The molecule has 1 saturated heterocycles. The van der Waals surface area contributed by atoms with Crippen LogP contribution < -0.4 is 18.9 Å². The van der Waals surface area contributed by atoms with Crippen molar-refractivity contribution in [3.63, 3.8) is 0 Å². The molecule has 2 atom stereocenters. The molecule has 0 N–H and O–H groups in total. The van der Waals surface area contributed by atoms with Crippen molar-refractivity contribution in [2.45, 2.75) is 12.8 Å². The fourth-order valence-corrected chi connectivity index (χ4v) is 4.25. The third-order valence-electron chi connectivity index (χ3n) is 6.21. The average molecular weight is 457 g/mol. The Kier molecular flexibility index (Phi) is 7.68. The van der Waals surface area contributed by atoms with Crippen LogP contribution in [0.25, 0.3) is 0 Å². The van der Waals surface area contributed by atoms with Gasteiger partial charge in [0.2, 0.25) is 11.7 Å². The van der Waals surface area contributed by atoms with Gasteiger partial charge in [-0.1, -0.05) is 6.07 Å². The first-order chi connectivity index (χ1) is 15.9. The maximum Gasteiger partial charge on any atom is 0.254 e. The van der Waals surface area contributed by atoms with E-state index >= 15 is 0 Å². The first kappa shape index (κ1) is 24.2. The van der Waals surface area contributed by atoms with Crippen molar-refractivity contribution >= 4 is 11.8 Å². The molecule has 0 radical (unpaired) electrons. The SMILES string of the molecule is CCN(C)C(=O)C1CN(C(=O)c2cccc(OC)c2)CC1c1cc(OC)c(OC)c(OC)c1. The minimum atomic E-state index is -0.396. The normalized spacial score (nSPS) is 17.5. The summed E-state index contributed by atoms with van der Waals surface area (Å²) in [5.74, 6) is 1.36. The monoisotopic (exact) mass is 456 g/mol. The zero-order valence-corrected chi connectivity index (χ0v) is 20.1. The van der Waals surface area contributed by atoms with Gasteiger partial charge in [0.1, 0.15) is 5.75 Å². The molecule has 3 rings (SSSR count). The summed E-state index contributed by atoms with van der Waals surface area (Å²) in [5.41, 5.74) is 1.38. The largest absolute Gasteiger partial charge is 0.497 e. The number of amides is 2. The summed E-state index contributed by atoms with van der Waals surface area (Å²) in [6.07, 6.45) is 0. The van der Waals surface area contributed by atoms with E-state index in [9.17, 15) is 9.59 Å². The quantitative estimate of drug-likeness (QED) is 0.608. The molecule has 1 fully saturated rings. The lowest BCUT2D eigenvalue weighted by Gasteiger charge is -2.24. The molecule has 178 valence electrons. The number of hydrogen-bond donors (Lipinski definition) is 0. The molecule has 0 spiro atoms. The van der Waals surface area contributed by atoms with E-state index in [4.69, 9.17) is 18.9 Å². The lowest BCUT2D eigenvalue weighted by atomic mass is 9.87. The van der Waals surface area contributed by atoms with Crippen LogP contribution in [0, 0.1) is 5.92 Å². The van der Waals surface area contributed by atoms with E-state index in [0.717, 1.165) is 5.56 Å². The van der Waals surface area contributed by atoms with Crippen molar-refractivity contribution in [1.82, 2.24) is 9.80 Å². The van der Waals surface area contributed by atoms with Crippen LogP contribution in [0.4, 0.5) is 0 Å². The summed E-state index contributed by atoms with van der Waals surface area (Å²) >= 11 is 0. The molecule has 0 bridgehead atoms. The number of likely N-dealkylation sites (tertiary alicyclic amines) is 1. The molecule has 2 aromatic carbocycles. The van der Waals surface area contributed by atoms with Gasteiger partial charge in [0.05, 0.1) is 34.4 Å². The van der Waals surface area contributed by atoms with E-state index < -0.39 is 5.92 Å². The Morgan fingerprint density at radius 1 is 0.970 bits per heavy atom. The van der Waals surface area contributed by atoms with Gasteiger partial charge >= 0.3 is 0 Å². The molecule has 1 heterocycles. The second-order valence-corrected chi connectivity index (χ2v) is 7.97. The number of benzene rings is 2. The molecule has 8 nitrogen and oxygen atoms in total. The molecular weight excluding hydrogens is 424 g/mol. The maximum atomic E-state index is 13.3. The van der Waals surface area contributed by atoms with Crippen LogP contribution in [0.15, 0.2) is 36.4 Å². The van der Waals surface area contributed by atoms with Gasteiger partial charge in [-0.05, 0) is 42.8 Å². The molecule has 8 heteroatoms. The second kappa shape index (κ2) is 10.5. The van der Waals surface area contributed by atoms with E-state index in [-0.39, 0.29) is 17.7 Å². The predicted octanol–water partition coefficient (Wildman–Crippen LogP) is 3.06. The summed E-state index contributed by atoms with van der Waals surface area (Å²) in [6, 6.07) is 10.8. The van der Waals surface area contributed by atoms with Crippen LogP contribution in [0.1, 0.15) is 28.8 Å². The van der Waals surface area contributed by atoms with E-state index in [1.165, 1.54) is 0 Å². The Balaban J connectivity index is 2.01. The molecule has 0 aliphatic carbocycles. The fourth-order valence-electron chi connectivity index (χ4n) is 4.25. The summed E-state index contributed by atoms with van der Waals surface area (Å²) in [4.78, 5) is 30.0. The first-order valence-electron chi connectivity index (χ1n) is 10.9. The van der Waals surface area contributed by atoms with Crippen LogP contribution >= 0.6 is 0 Å². The van der Waals surface area contributed by atoms with Gasteiger partial charge in [0.25, 0.3) is 5.91 Å². The summed E-state index contributed by atoms with van der Waals surface area (Å²) < 4.78 is 21.7. The third-order valence-corrected chi connectivity index (χ3v) is 6.21. The van der Waals surface area contributed by atoms with E-state index in [0.29, 0.717) is 48.2 Å². The van der Waals surface area contributed by atoms with Gasteiger partial charge in [-0.2, -0.15) is 0 Å². The third kappa shape index (κ3) is 4.84. The van der Waals surface area contributed by atoms with Crippen LogP contribution in [0.5, 0.6) is 23.0 Å². The molecule has 2 aromatic rings.